The smallest absolute Gasteiger partial charge is 0.0837 e. The maximum Gasteiger partial charge on any atom is 0.0837 e. The van der Waals surface area contributed by atoms with Crippen molar-refractivity contribution in [2.75, 3.05) is 20.3 Å². The first-order chi connectivity index (χ1) is 7.31. The Hall–Kier alpha value is -0.120. The fourth-order valence-electron chi connectivity index (χ4n) is 2.50. The van der Waals surface area contributed by atoms with Crippen LogP contribution in [-0.2, 0) is 9.47 Å². The van der Waals surface area contributed by atoms with Gasteiger partial charge in [0.2, 0.25) is 0 Å². The number of rotatable bonds is 6. The van der Waals surface area contributed by atoms with Crippen LogP contribution in [-0.4, -0.2) is 37.6 Å². The molecule has 1 saturated carbocycles. The Balaban J connectivity index is 2.34. The lowest BCUT2D eigenvalue weighted by atomic mass is 9.83. The van der Waals surface area contributed by atoms with Gasteiger partial charge in [0.1, 0.15) is 0 Å². The Morgan fingerprint density at radius 1 is 1.27 bits per heavy atom. The summed E-state index contributed by atoms with van der Waals surface area (Å²) in [6.07, 6.45) is 6.39. The van der Waals surface area contributed by atoms with Gasteiger partial charge in [0.15, 0.2) is 0 Å². The molecule has 0 aromatic carbocycles. The summed E-state index contributed by atoms with van der Waals surface area (Å²) in [6.45, 7) is 2.77. The zero-order valence-electron chi connectivity index (χ0n) is 9.95. The summed E-state index contributed by atoms with van der Waals surface area (Å²) in [6, 6.07) is 0. The van der Waals surface area contributed by atoms with Gasteiger partial charge in [-0.3, -0.25) is 0 Å². The third-order valence-electron chi connectivity index (χ3n) is 3.26. The molecule has 0 aromatic heterocycles. The molecule has 0 radical (unpaired) electrons. The van der Waals surface area contributed by atoms with Gasteiger partial charge in [0.05, 0.1) is 25.4 Å². The first-order valence-corrected chi connectivity index (χ1v) is 6.07. The van der Waals surface area contributed by atoms with Crippen molar-refractivity contribution in [1.29, 1.82) is 0 Å². The van der Waals surface area contributed by atoms with Crippen LogP contribution in [0, 0.1) is 5.92 Å². The van der Waals surface area contributed by atoms with E-state index in [2.05, 4.69) is 6.92 Å². The van der Waals surface area contributed by atoms with Crippen molar-refractivity contribution in [2.45, 2.75) is 51.2 Å². The topological polar surface area (TPSA) is 38.7 Å². The summed E-state index contributed by atoms with van der Waals surface area (Å²) in [7, 11) is 1.76. The summed E-state index contributed by atoms with van der Waals surface area (Å²) < 4.78 is 11.1. The highest BCUT2D eigenvalue weighted by Gasteiger charge is 2.30. The minimum Gasteiger partial charge on any atom is -0.394 e. The summed E-state index contributed by atoms with van der Waals surface area (Å²) >= 11 is 0. The number of hydrogen-bond acceptors (Lipinski definition) is 3. The highest BCUT2D eigenvalue weighted by Crippen LogP contribution is 2.31. The van der Waals surface area contributed by atoms with Gasteiger partial charge in [0, 0.05) is 7.11 Å². The van der Waals surface area contributed by atoms with E-state index in [0.717, 1.165) is 18.8 Å². The average Bonchev–Trinajstić information content (AvgIpc) is 2.27. The van der Waals surface area contributed by atoms with Crippen molar-refractivity contribution >= 4 is 0 Å². The van der Waals surface area contributed by atoms with Gasteiger partial charge in [-0.15, -0.1) is 0 Å². The van der Waals surface area contributed by atoms with Gasteiger partial charge in [-0.1, -0.05) is 19.8 Å². The minimum absolute atomic E-state index is 0.103. The second-order valence-electron chi connectivity index (χ2n) is 4.37. The van der Waals surface area contributed by atoms with E-state index in [1.165, 1.54) is 19.3 Å². The van der Waals surface area contributed by atoms with Crippen molar-refractivity contribution in [3.63, 3.8) is 0 Å². The van der Waals surface area contributed by atoms with Crippen LogP contribution in [0.15, 0.2) is 0 Å². The molecule has 1 aliphatic carbocycles. The van der Waals surface area contributed by atoms with Crippen molar-refractivity contribution in [3.05, 3.63) is 0 Å². The van der Waals surface area contributed by atoms with Gasteiger partial charge < -0.3 is 14.6 Å². The number of methoxy groups -OCH3 is 1. The predicted octanol–water partition coefficient (Wildman–Crippen LogP) is 1.98. The molecule has 0 spiro atoms. The summed E-state index contributed by atoms with van der Waals surface area (Å²) in [5.74, 6) is 0.800. The standard InChI is InChI=1S/C12H24O3/c1-3-4-10-5-6-11(15-8-7-13)12(9-10)14-2/h10-13H,3-9H2,1-2H3/t10-,11-,12-/m1/s1. The molecule has 1 rings (SSSR count). The van der Waals surface area contributed by atoms with Gasteiger partial charge >= 0.3 is 0 Å². The number of ether oxygens (including phenoxy) is 2. The lowest BCUT2D eigenvalue weighted by Gasteiger charge is -2.35. The van der Waals surface area contributed by atoms with Crippen molar-refractivity contribution in [2.24, 2.45) is 5.92 Å². The number of aliphatic hydroxyl groups excluding tert-OH is 1. The monoisotopic (exact) mass is 216 g/mol. The average molecular weight is 216 g/mol. The second-order valence-corrected chi connectivity index (χ2v) is 4.37. The quantitative estimate of drug-likeness (QED) is 0.738. The van der Waals surface area contributed by atoms with Gasteiger partial charge in [-0.25, -0.2) is 0 Å². The van der Waals surface area contributed by atoms with Crippen molar-refractivity contribution < 1.29 is 14.6 Å². The van der Waals surface area contributed by atoms with Crippen LogP contribution in [0.2, 0.25) is 0 Å². The SMILES string of the molecule is CCC[C@@H]1CC[C@@H](OCCO)[C@H](OC)C1. The molecule has 3 nitrogen and oxygen atoms in total. The van der Waals surface area contributed by atoms with Crippen LogP contribution >= 0.6 is 0 Å². The van der Waals surface area contributed by atoms with E-state index >= 15 is 0 Å². The molecule has 90 valence electrons. The van der Waals surface area contributed by atoms with Crippen molar-refractivity contribution in [1.82, 2.24) is 0 Å². The molecule has 0 heterocycles. The maximum atomic E-state index is 8.73. The van der Waals surface area contributed by atoms with Crippen LogP contribution in [0.4, 0.5) is 0 Å². The fourth-order valence-corrected chi connectivity index (χ4v) is 2.50. The highest BCUT2D eigenvalue weighted by atomic mass is 16.5. The van der Waals surface area contributed by atoms with E-state index in [1.807, 2.05) is 0 Å². The van der Waals surface area contributed by atoms with Crippen LogP contribution < -0.4 is 0 Å². The fraction of sp³-hybridized carbons (Fsp3) is 1.00. The Morgan fingerprint density at radius 3 is 2.67 bits per heavy atom. The zero-order valence-corrected chi connectivity index (χ0v) is 9.95. The number of hydrogen-bond donors (Lipinski definition) is 1. The summed E-state index contributed by atoms with van der Waals surface area (Å²) in [5, 5.41) is 8.73. The Bertz CT molecular complexity index is 161. The molecule has 0 aliphatic heterocycles. The molecule has 0 unspecified atom stereocenters. The van der Waals surface area contributed by atoms with E-state index < -0.39 is 0 Å². The van der Waals surface area contributed by atoms with E-state index in [-0.39, 0.29) is 18.8 Å². The predicted molar refractivity (Wildman–Crippen MR) is 59.9 cm³/mol. The molecule has 1 N–H and O–H groups in total. The molecule has 0 bridgehead atoms. The molecule has 1 fully saturated rings. The van der Waals surface area contributed by atoms with E-state index in [4.69, 9.17) is 14.6 Å². The van der Waals surface area contributed by atoms with E-state index in [0.29, 0.717) is 6.61 Å². The lowest BCUT2D eigenvalue weighted by molar-refractivity contribution is -0.0937. The molecule has 3 atom stereocenters. The normalized spacial score (nSPS) is 31.8. The molecular formula is C12H24O3. The highest BCUT2D eigenvalue weighted by molar-refractivity contribution is 4.81. The molecular weight excluding hydrogens is 192 g/mol. The molecule has 0 saturated heterocycles. The summed E-state index contributed by atoms with van der Waals surface area (Å²) in [5.41, 5.74) is 0. The third kappa shape index (κ3) is 4.09. The maximum absolute atomic E-state index is 8.73. The number of aliphatic hydroxyl groups is 1. The first-order valence-electron chi connectivity index (χ1n) is 6.07. The molecule has 0 aromatic rings. The van der Waals surface area contributed by atoms with Gasteiger partial charge in [-0.05, 0) is 25.2 Å². The van der Waals surface area contributed by atoms with Gasteiger partial charge in [-0.2, -0.15) is 0 Å². The minimum atomic E-state index is 0.103. The Kier molecular flexibility index (Phi) is 6.22. The van der Waals surface area contributed by atoms with Gasteiger partial charge in [0.25, 0.3) is 0 Å². The van der Waals surface area contributed by atoms with Crippen LogP contribution in [0.25, 0.3) is 0 Å². The lowest BCUT2D eigenvalue weighted by Crippen LogP contribution is -2.37. The third-order valence-corrected chi connectivity index (χ3v) is 3.26. The molecule has 1 aliphatic rings. The largest absolute Gasteiger partial charge is 0.394 e. The van der Waals surface area contributed by atoms with E-state index in [9.17, 15) is 0 Å². The molecule has 15 heavy (non-hydrogen) atoms. The van der Waals surface area contributed by atoms with Crippen LogP contribution in [0.3, 0.4) is 0 Å². The summed E-state index contributed by atoms with van der Waals surface area (Å²) in [4.78, 5) is 0. The Labute approximate surface area is 92.8 Å². The molecule has 3 heteroatoms. The van der Waals surface area contributed by atoms with Crippen LogP contribution in [0.1, 0.15) is 39.0 Å². The van der Waals surface area contributed by atoms with Crippen molar-refractivity contribution in [3.8, 4) is 0 Å². The Morgan fingerprint density at radius 2 is 2.07 bits per heavy atom. The first kappa shape index (κ1) is 12.9. The van der Waals surface area contributed by atoms with E-state index in [1.54, 1.807) is 7.11 Å². The van der Waals surface area contributed by atoms with Crippen LogP contribution in [0.5, 0.6) is 0 Å². The second kappa shape index (κ2) is 7.20. The molecule has 0 amide bonds. The zero-order chi connectivity index (χ0) is 11.1.